The molecule has 3 N–H and O–H groups in total. The molecule has 1 aliphatic rings. The number of nitrogens with one attached hydrogen (secondary N) is 1. The van der Waals surface area contributed by atoms with Gasteiger partial charge in [0.25, 0.3) is 5.91 Å². The van der Waals surface area contributed by atoms with E-state index in [1.807, 2.05) is 27.7 Å². The lowest BCUT2D eigenvalue weighted by molar-refractivity contribution is 0.0916. The van der Waals surface area contributed by atoms with Gasteiger partial charge in [0.2, 0.25) is 0 Å². The number of aromatic nitrogens is 2. The standard InChI is InChI=1S/C19H23Cl2N5O2/c1-10-8-25(18(22)28)9-14-15(17(27)23-19(2,3)4)16(24-26(10)14)11-5-6-12(20)13(21)7-11/h5-7,10H,8-9H2,1-4H3,(H2,22,28)(H,23,27). The van der Waals surface area contributed by atoms with Gasteiger partial charge in [-0.3, -0.25) is 9.48 Å². The van der Waals surface area contributed by atoms with Crippen molar-refractivity contribution in [2.24, 2.45) is 5.73 Å². The van der Waals surface area contributed by atoms with Crippen molar-refractivity contribution in [1.82, 2.24) is 20.0 Å². The van der Waals surface area contributed by atoms with Gasteiger partial charge in [0.1, 0.15) is 5.69 Å². The van der Waals surface area contributed by atoms with E-state index in [9.17, 15) is 9.59 Å². The summed E-state index contributed by atoms with van der Waals surface area (Å²) in [6, 6.07) is 4.46. The molecule has 28 heavy (non-hydrogen) atoms. The predicted octanol–water partition coefficient (Wildman–Crippen LogP) is 3.84. The number of carbonyl (C=O) groups excluding carboxylic acids is 2. The van der Waals surface area contributed by atoms with Gasteiger partial charge in [-0.15, -0.1) is 0 Å². The molecule has 0 saturated heterocycles. The molecule has 0 spiro atoms. The van der Waals surface area contributed by atoms with E-state index in [2.05, 4.69) is 5.32 Å². The number of halogens is 2. The van der Waals surface area contributed by atoms with E-state index in [1.165, 1.54) is 4.90 Å². The van der Waals surface area contributed by atoms with Crippen LogP contribution < -0.4 is 11.1 Å². The van der Waals surface area contributed by atoms with Gasteiger partial charge in [-0.05, 0) is 39.8 Å². The van der Waals surface area contributed by atoms with Gasteiger partial charge in [0.05, 0.1) is 33.9 Å². The molecule has 2 aromatic rings. The fraction of sp³-hybridized carbons (Fsp3) is 0.421. The third-order valence-corrected chi connectivity index (χ3v) is 5.21. The highest BCUT2D eigenvalue weighted by molar-refractivity contribution is 6.42. The number of rotatable bonds is 2. The van der Waals surface area contributed by atoms with Crippen molar-refractivity contribution < 1.29 is 9.59 Å². The third-order valence-electron chi connectivity index (χ3n) is 4.47. The Morgan fingerprint density at radius 1 is 1.25 bits per heavy atom. The Morgan fingerprint density at radius 2 is 1.93 bits per heavy atom. The summed E-state index contributed by atoms with van der Waals surface area (Å²) in [5.41, 5.74) is 7.27. The van der Waals surface area contributed by atoms with Crippen LogP contribution in [-0.2, 0) is 6.54 Å². The summed E-state index contributed by atoms with van der Waals surface area (Å²) in [5, 5.41) is 8.47. The first-order chi connectivity index (χ1) is 13.0. The first-order valence-corrected chi connectivity index (χ1v) is 9.67. The Hall–Kier alpha value is -2.25. The maximum Gasteiger partial charge on any atom is 0.315 e. The molecule has 1 aliphatic heterocycles. The summed E-state index contributed by atoms with van der Waals surface area (Å²) in [7, 11) is 0. The number of carbonyl (C=O) groups is 2. The number of amides is 3. The fourth-order valence-corrected chi connectivity index (χ4v) is 3.58. The molecule has 3 rings (SSSR count). The minimum atomic E-state index is -0.530. The van der Waals surface area contributed by atoms with E-state index >= 15 is 0 Å². The summed E-state index contributed by atoms with van der Waals surface area (Å²) in [6.45, 7) is 8.26. The second-order valence-electron chi connectivity index (χ2n) is 8.02. The highest BCUT2D eigenvalue weighted by Gasteiger charge is 2.34. The van der Waals surface area contributed by atoms with Crippen LogP contribution in [0.2, 0.25) is 10.0 Å². The van der Waals surface area contributed by atoms with Crippen LogP contribution in [0.5, 0.6) is 0 Å². The Balaban J connectivity index is 2.19. The maximum absolute atomic E-state index is 13.2. The van der Waals surface area contributed by atoms with Gasteiger partial charge in [0.15, 0.2) is 0 Å². The van der Waals surface area contributed by atoms with E-state index < -0.39 is 11.6 Å². The van der Waals surface area contributed by atoms with E-state index in [1.54, 1.807) is 22.9 Å². The van der Waals surface area contributed by atoms with Gasteiger partial charge >= 0.3 is 6.03 Å². The monoisotopic (exact) mass is 423 g/mol. The van der Waals surface area contributed by atoms with E-state index in [4.69, 9.17) is 34.0 Å². The molecule has 0 saturated carbocycles. The number of primary amides is 1. The SMILES string of the molecule is CC1CN(C(N)=O)Cc2c(C(=O)NC(C)(C)C)c(-c3ccc(Cl)c(Cl)c3)nn21. The topological polar surface area (TPSA) is 93.2 Å². The number of hydrogen-bond donors (Lipinski definition) is 2. The zero-order chi connectivity index (χ0) is 20.8. The molecule has 0 aliphatic carbocycles. The Bertz CT molecular complexity index is 949. The molecule has 2 heterocycles. The first-order valence-electron chi connectivity index (χ1n) is 8.91. The van der Waals surface area contributed by atoms with Crippen molar-refractivity contribution in [3.05, 3.63) is 39.5 Å². The lowest BCUT2D eigenvalue weighted by atomic mass is 10.0. The number of benzene rings is 1. The molecule has 9 heteroatoms. The van der Waals surface area contributed by atoms with Crippen LogP contribution in [0.25, 0.3) is 11.3 Å². The molecule has 0 radical (unpaired) electrons. The van der Waals surface area contributed by atoms with Crippen molar-refractivity contribution in [2.75, 3.05) is 6.54 Å². The average Bonchev–Trinajstić information content (AvgIpc) is 2.96. The van der Waals surface area contributed by atoms with Crippen molar-refractivity contribution in [3.63, 3.8) is 0 Å². The number of nitrogens with zero attached hydrogens (tertiary/aromatic N) is 3. The molecule has 3 amide bonds. The summed E-state index contributed by atoms with van der Waals surface area (Å²) >= 11 is 12.2. The van der Waals surface area contributed by atoms with Crippen molar-refractivity contribution in [1.29, 1.82) is 0 Å². The van der Waals surface area contributed by atoms with Gasteiger partial charge in [-0.25, -0.2) is 4.79 Å². The Kier molecular flexibility index (Phi) is 5.34. The van der Waals surface area contributed by atoms with Crippen molar-refractivity contribution in [2.45, 2.75) is 45.8 Å². The van der Waals surface area contributed by atoms with Crippen molar-refractivity contribution in [3.8, 4) is 11.3 Å². The highest BCUT2D eigenvalue weighted by Crippen LogP contribution is 2.34. The van der Waals surface area contributed by atoms with Crippen LogP contribution in [0.3, 0.4) is 0 Å². The fourth-order valence-electron chi connectivity index (χ4n) is 3.28. The molecule has 1 aromatic heterocycles. The van der Waals surface area contributed by atoms with E-state index in [0.29, 0.717) is 39.1 Å². The van der Waals surface area contributed by atoms with Crippen LogP contribution in [0.4, 0.5) is 4.79 Å². The Labute approximate surface area is 173 Å². The lowest BCUT2D eigenvalue weighted by Gasteiger charge is -2.31. The summed E-state index contributed by atoms with van der Waals surface area (Å²) in [6.07, 6.45) is 0. The second-order valence-corrected chi connectivity index (χ2v) is 8.83. The van der Waals surface area contributed by atoms with Crippen LogP contribution in [0.15, 0.2) is 18.2 Å². The summed E-state index contributed by atoms with van der Waals surface area (Å²) < 4.78 is 1.79. The highest BCUT2D eigenvalue weighted by atomic mass is 35.5. The van der Waals surface area contributed by atoms with Gasteiger partial charge in [-0.2, -0.15) is 5.10 Å². The molecule has 7 nitrogen and oxygen atoms in total. The molecule has 150 valence electrons. The first kappa shape index (κ1) is 20.5. The lowest BCUT2D eigenvalue weighted by Crippen LogP contribution is -2.45. The largest absolute Gasteiger partial charge is 0.351 e. The molecule has 1 unspecified atom stereocenters. The van der Waals surface area contributed by atoms with Gasteiger partial charge < -0.3 is 16.0 Å². The number of nitrogens with two attached hydrogens (primary N) is 1. The zero-order valence-electron chi connectivity index (χ0n) is 16.2. The molecular formula is C19H23Cl2N5O2. The molecule has 1 atom stereocenters. The number of hydrogen-bond acceptors (Lipinski definition) is 3. The van der Waals surface area contributed by atoms with Gasteiger partial charge in [-0.1, -0.05) is 29.3 Å². The maximum atomic E-state index is 13.2. The molecule has 0 fully saturated rings. The summed E-state index contributed by atoms with van der Waals surface area (Å²) in [4.78, 5) is 26.4. The normalized spacial score (nSPS) is 16.6. The molecule has 1 aromatic carbocycles. The van der Waals surface area contributed by atoms with Crippen LogP contribution in [0, 0.1) is 0 Å². The van der Waals surface area contributed by atoms with Crippen LogP contribution >= 0.6 is 23.2 Å². The number of urea groups is 1. The predicted molar refractivity (Wildman–Crippen MR) is 110 cm³/mol. The van der Waals surface area contributed by atoms with Crippen molar-refractivity contribution >= 4 is 35.1 Å². The molecular weight excluding hydrogens is 401 g/mol. The van der Waals surface area contributed by atoms with E-state index in [-0.39, 0.29) is 18.5 Å². The second kappa shape index (κ2) is 7.29. The van der Waals surface area contributed by atoms with Crippen LogP contribution in [0.1, 0.15) is 49.8 Å². The average molecular weight is 424 g/mol. The summed E-state index contributed by atoms with van der Waals surface area (Å²) in [5.74, 6) is -0.270. The van der Waals surface area contributed by atoms with Gasteiger partial charge in [0, 0.05) is 17.6 Å². The smallest absolute Gasteiger partial charge is 0.315 e. The zero-order valence-corrected chi connectivity index (χ0v) is 17.7. The quantitative estimate of drug-likeness (QED) is 0.767. The molecule has 0 bridgehead atoms. The minimum absolute atomic E-state index is 0.131. The minimum Gasteiger partial charge on any atom is -0.351 e. The van der Waals surface area contributed by atoms with Crippen LogP contribution in [-0.4, -0.2) is 38.7 Å². The third kappa shape index (κ3) is 3.95. The number of fused-ring (bicyclic) bond motifs is 1. The van der Waals surface area contributed by atoms with E-state index in [0.717, 1.165) is 0 Å². The Morgan fingerprint density at radius 3 is 2.50 bits per heavy atom.